The first-order valence-electron chi connectivity index (χ1n) is 7.97. The molecule has 0 spiro atoms. The molecule has 1 heterocycles. The van der Waals surface area contributed by atoms with Crippen LogP contribution in [0, 0.1) is 24.2 Å². The molecule has 1 N–H and O–H groups in total. The Labute approximate surface area is 146 Å². The molecule has 0 unspecified atom stereocenters. The molecule has 7 heteroatoms. The van der Waals surface area contributed by atoms with Gasteiger partial charge in [0.1, 0.15) is 11.1 Å². The van der Waals surface area contributed by atoms with Gasteiger partial charge in [-0.1, -0.05) is 11.8 Å². The average Bonchev–Trinajstić information content (AvgIpc) is 3.38. The predicted molar refractivity (Wildman–Crippen MR) is 90.7 cm³/mol. The molecule has 1 aromatic heterocycles. The SMILES string of the molecule is CCOC(=O)c1cc(C#N)c(SCC(=O)N[C@@H](C)C2CC2)nc1C. The number of carbonyl (C=O) groups is 2. The third-order valence-electron chi connectivity index (χ3n) is 3.85. The van der Waals surface area contributed by atoms with Crippen LogP contribution < -0.4 is 5.32 Å². The highest BCUT2D eigenvalue weighted by Crippen LogP contribution is 2.32. The van der Waals surface area contributed by atoms with Crippen LogP contribution in [0.15, 0.2) is 11.1 Å². The fourth-order valence-electron chi connectivity index (χ4n) is 2.33. The van der Waals surface area contributed by atoms with Crippen LogP contribution in [0.5, 0.6) is 0 Å². The van der Waals surface area contributed by atoms with Crippen molar-refractivity contribution in [3.8, 4) is 6.07 Å². The van der Waals surface area contributed by atoms with E-state index in [2.05, 4.69) is 10.3 Å². The van der Waals surface area contributed by atoms with E-state index in [1.165, 1.54) is 30.7 Å². The van der Waals surface area contributed by atoms with Crippen molar-refractivity contribution in [1.29, 1.82) is 5.26 Å². The fourth-order valence-corrected chi connectivity index (χ4v) is 3.15. The highest BCUT2D eigenvalue weighted by molar-refractivity contribution is 8.00. The highest BCUT2D eigenvalue weighted by atomic mass is 32.2. The Hall–Kier alpha value is -2.07. The molecular weight excluding hydrogens is 326 g/mol. The van der Waals surface area contributed by atoms with E-state index in [9.17, 15) is 14.9 Å². The number of nitriles is 1. The molecule has 0 bridgehead atoms. The first kappa shape index (κ1) is 18.3. The van der Waals surface area contributed by atoms with E-state index in [0.29, 0.717) is 16.6 Å². The zero-order valence-corrected chi connectivity index (χ0v) is 14.9. The molecule has 2 rings (SSSR count). The summed E-state index contributed by atoms with van der Waals surface area (Å²) in [6.45, 7) is 5.68. The molecule has 1 aromatic rings. The van der Waals surface area contributed by atoms with Gasteiger partial charge in [-0.15, -0.1) is 0 Å². The molecule has 1 amide bonds. The number of aryl methyl sites for hydroxylation is 1. The fraction of sp³-hybridized carbons (Fsp3) is 0.529. The van der Waals surface area contributed by atoms with Crippen molar-refractivity contribution in [2.75, 3.05) is 12.4 Å². The van der Waals surface area contributed by atoms with Crippen LogP contribution in [-0.2, 0) is 9.53 Å². The van der Waals surface area contributed by atoms with Gasteiger partial charge in [-0.05, 0) is 45.6 Å². The summed E-state index contributed by atoms with van der Waals surface area (Å²) in [7, 11) is 0. The van der Waals surface area contributed by atoms with Crippen LogP contribution in [0.1, 0.15) is 48.3 Å². The zero-order valence-electron chi connectivity index (χ0n) is 14.1. The molecule has 1 atom stereocenters. The summed E-state index contributed by atoms with van der Waals surface area (Å²) in [5.74, 6) is 0.221. The van der Waals surface area contributed by atoms with E-state index in [0.717, 1.165) is 0 Å². The van der Waals surface area contributed by atoms with Crippen LogP contribution >= 0.6 is 11.8 Å². The lowest BCUT2D eigenvalue weighted by Gasteiger charge is -2.13. The molecule has 6 nitrogen and oxygen atoms in total. The smallest absolute Gasteiger partial charge is 0.340 e. The predicted octanol–water partition coefficient (Wildman–Crippen LogP) is 2.45. The Bertz CT molecular complexity index is 680. The number of esters is 1. The minimum absolute atomic E-state index is 0.0720. The van der Waals surface area contributed by atoms with Crippen molar-refractivity contribution in [3.05, 3.63) is 22.9 Å². The van der Waals surface area contributed by atoms with Gasteiger partial charge in [-0.25, -0.2) is 9.78 Å². The summed E-state index contributed by atoms with van der Waals surface area (Å²) in [6.07, 6.45) is 2.34. The number of pyridine rings is 1. The van der Waals surface area contributed by atoms with E-state index in [1.54, 1.807) is 13.8 Å². The minimum atomic E-state index is -0.494. The molecule has 1 fully saturated rings. The third-order valence-corrected chi connectivity index (χ3v) is 4.84. The van der Waals surface area contributed by atoms with E-state index in [4.69, 9.17) is 4.74 Å². The maximum absolute atomic E-state index is 12.0. The number of aromatic nitrogens is 1. The van der Waals surface area contributed by atoms with E-state index >= 15 is 0 Å². The molecule has 24 heavy (non-hydrogen) atoms. The minimum Gasteiger partial charge on any atom is -0.462 e. The third kappa shape index (κ3) is 4.71. The number of hydrogen-bond donors (Lipinski definition) is 1. The Morgan fingerprint density at radius 3 is 2.83 bits per heavy atom. The quantitative estimate of drug-likeness (QED) is 0.602. The topological polar surface area (TPSA) is 92.1 Å². The number of nitrogens with zero attached hydrogens (tertiary/aromatic N) is 2. The lowest BCUT2D eigenvalue weighted by Crippen LogP contribution is -2.35. The first-order valence-corrected chi connectivity index (χ1v) is 8.95. The summed E-state index contributed by atoms with van der Waals surface area (Å²) >= 11 is 1.20. The van der Waals surface area contributed by atoms with Gasteiger partial charge < -0.3 is 10.1 Å². The highest BCUT2D eigenvalue weighted by Gasteiger charge is 2.28. The Kier molecular flexibility index (Phi) is 6.21. The molecular formula is C17H21N3O3S. The number of ether oxygens (including phenoxy) is 1. The molecule has 1 saturated carbocycles. The van der Waals surface area contributed by atoms with Crippen LogP contribution in [0.25, 0.3) is 0 Å². The lowest BCUT2D eigenvalue weighted by molar-refractivity contribution is -0.119. The Morgan fingerprint density at radius 1 is 1.54 bits per heavy atom. The van der Waals surface area contributed by atoms with Crippen molar-refractivity contribution < 1.29 is 14.3 Å². The van der Waals surface area contributed by atoms with E-state index < -0.39 is 5.97 Å². The van der Waals surface area contributed by atoms with Crippen LogP contribution in [0.3, 0.4) is 0 Å². The molecule has 0 saturated heterocycles. The van der Waals surface area contributed by atoms with Gasteiger partial charge in [0.25, 0.3) is 0 Å². The number of hydrogen-bond acceptors (Lipinski definition) is 6. The molecule has 0 aromatic carbocycles. The average molecular weight is 347 g/mol. The van der Waals surface area contributed by atoms with Gasteiger partial charge in [0.2, 0.25) is 5.91 Å². The summed E-state index contributed by atoms with van der Waals surface area (Å²) in [6, 6.07) is 3.70. The first-order chi connectivity index (χ1) is 11.5. The van der Waals surface area contributed by atoms with Crippen molar-refractivity contribution in [1.82, 2.24) is 10.3 Å². The second-order valence-corrected chi connectivity index (χ2v) is 6.75. The second-order valence-electron chi connectivity index (χ2n) is 5.79. The molecule has 0 radical (unpaired) electrons. The zero-order chi connectivity index (χ0) is 17.7. The van der Waals surface area contributed by atoms with Gasteiger partial charge in [-0.2, -0.15) is 5.26 Å². The van der Waals surface area contributed by atoms with Crippen molar-refractivity contribution >= 4 is 23.6 Å². The molecule has 1 aliphatic rings. The van der Waals surface area contributed by atoms with Crippen molar-refractivity contribution in [2.45, 2.75) is 44.7 Å². The Balaban J connectivity index is 2.04. The maximum atomic E-state index is 12.0. The summed E-state index contributed by atoms with van der Waals surface area (Å²) < 4.78 is 4.96. The number of nitrogens with one attached hydrogen (secondary N) is 1. The number of thioether (sulfide) groups is 1. The van der Waals surface area contributed by atoms with Crippen molar-refractivity contribution in [2.24, 2.45) is 5.92 Å². The summed E-state index contributed by atoms with van der Waals surface area (Å²) in [5.41, 5.74) is 1.04. The Morgan fingerprint density at radius 2 is 2.25 bits per heavy atom. The van der Waals surface area contributed by atoms with Gasteiger partial charge >= 0.3 is 5.97 Å². The van der Waals surface area contributed by atoms with Gasteiger partial charge in [0, 0.05) is 6.04 Å². The van der Waals surface area contributed by atoms with Gasteiger partial charge in [0.15, 0.2) is 0 Å². The van der Waals surface area contributed by atoms with Gasteiger partial charge in [-0.3, -0.25) is 4.79 Å². The second kappa shape index (κ2) is 8.15. The molecule has 0 aliphatic heterocycles. The van der Waals surface area contributed by atoms with Gasteiger partial charge in [0.05, 0.1) is 29.2 Å². The van der Waals surface area contributed by atoms with E-state index in [-0.39, 0.29) is 35.4 Å². The molecule has 1 aliphatic carbocycles. The van der Waals surface area contributed by atoms with Crippen LogP contribution in [-0.4, -0.2) is 35.3 Å². The van der Waals surface area contributed by atoms with Crippen molar-refractivity contribution in [3.63, 3.8) is 0 Å². The summed E-state index contributed by atoms with van der Waals surface area (Å²) in [5, 5.41) is 12.7. The van der Waals surface area contributed by atoms with E-state index in [1.807, 2.05) is 13.0 Å². The molecule has 128 valence electrons. The number of carbonyl (C=O) groups excluding carboxylic acids is 2. The lowest BCUT2D eigenvalue weighted by atomic mass is 10.1. The summed E-state index contributed by atoms with van der Waals surface area (Å²) in [4.78, 5) is 28.2. The number of rotatable bonds is 7. The standard InChI is InChI=1S/C17H21N3O3S/c1-4-23-17(22)14-7-13(8-18)16(20-11(14)3)24-9-15(21)19-10(2)12-5-6-12/h7,10,12H,4-6,9H2,1-3H3,(H,19,21)/t10-/m0/s1. The van der Waals surface area contributed by atoms with Crippen LogP contribution in [0.2, 0.25) is 0 Å². The normalized spacial score (nSPS) is 14.6. The maximum Gasteiger partial charge on any atom is 0.340 e. The monoisotopic (exact) mass is 347 g/mol. The number of amides is 1. The largest absolute Gasteiger partial charge is 0.462 e. The van der Waals surface area contributed by atoms with Crippen LogP contribution in [0.4, 0.5) is 0 Å².